The molecule has 0 aliphatic rings. The molecule has 1 aromatic carbocycles. The molecule has 0 aromatic heterocycles. The summed E-state index contributed by atoms with van der Waals surface area (Å²) in [5.41, 5.74) is 7.76. The van der Waals surface area contributed by atoms with E-state index in [-0.39, 0.29) is 11.9 Å². The molecular weight excluding hydrogens is 239 g/mol. The fourth-order valence-electron chi connectivity index (χ4n) is 2.29. The Morgan fingerprint density at radius 2 is 1.95 bits per heavy atom. The fraction of sp³-hybridized carbons (Fsp3) is 0.625. The van der Waals surface area contributed by atoms with E-state index in [4.69, 9.17) is 5.73 Å². The molecule has 0 saturated heterocycles. The van der Waals surface area contributed by atoms with Crippen molar-refractivity contribution in [2.75, 3.05) is 18.0 Å². The van der Waals surface area contributed by atoms with Crippen molar-refractivity contribution in [3.63, 3.8) is 0 Å². The lowest BCUT2D eigenvalue weighted by atomic mass is 10.0. The van der Waals surface area contributed by atoms with Gasteiger partial charge in [-0.1, -0.05) is 26.8 Å². The lowest BCUT2D eigenvalue weighted by Gasteiger charge is -2.28. The Morgan fingerprint density at radius 1 is 1.26 bits per heavy atom. The van der Waals surface area contributed by atoms with Gasteiger partial charge in [-0.15, -0.1) is 0 Å². The first kappa shape index (κ1) is 16.0. The number of benzene rings is 1. The summed E-state index contributed by atoms with van der Waals surface area (Å²) >= 11 is 0. The van der Waals surface area contributed by atoms with E-state index in [1.54, 1.807) is 6.07 Å². The van der Waals surface area contributed by atoms with Crippen LogP contribution in [0.4, 0.5) is 10.1 Å². The van der Waals surface area contributed by atoms with Gasteiger partial charge in [-0.3, -0.25) is 0 Å². The third kappa shape index (κ3) is 4.50. The second-order valence-corrected chi connectivity index (χ2v) is 5.54. The average molecular weight is 266 g/mol. The highest BCUT2D eigenvalue weighted by Gasteiger charge is 2.16. The lowest BCUT2D eigenvalue weighted by Crippen LogP contribution is -2.30. The monoisotopic (exact) mass is 266 g/mol. The van der Waals surface area contributed by atoms with E-state index in [1.807, 2.05) is 13.0 Å². The van der Waals surface area contributed by atoms with Gasteiger partial charge >= 0.3 is 0 Å². The zero-order valence-electron chi connectivity index (χ0n) is 12.6. The highest BCUT2D eigenvalue weighted by Crippen LogP contribution is 2.25. The van der Waals surface area contributed by atoms with Crippen LogP contribution in [-0.4, -0.2) is 19.1 Å². The van der Waals surface area contributed by atoms with E-state index in [0.29, 0.717) is 12.3 Å². The molecule has 1 rings (SSSR count). The Labute approximate surface area is 116 Å². The van der Waals surface area contributed by atoms with E-state index >= 15 is 0 Å². The maximum Gasteiger partial charge on any atom is 0.128 e. The Balaban J connectivity index is 3.07. The summed E-state index contributed by atoms with van der Waals surface area (Å²) in [5, 5.41) is 0. The van der Waals surface area contributed by atoms with Gasteiger partial charge in [0.15, 0.2) is 0 Å². The third-order valence-corrected chi connectivity index (χ3v) is 3.39. The van der Waals surface area contributed by atoms with E-state index in [9.17, 15) is 4.39 Å². The molecule has 108 valence electrons. The maximum atomic E-state index is 14.1. The van der Waals surface area contributed by atoms with Gasteiger partial charge in [-0.05, 0) is 37.8 Å². The molecule has 0 amide bonds. The molecular formula is C16H27FN2. The molecule has 0 bridgehead atoms. The number of halogens is 1. The number of hydrogen-bond acceptors (Lipinski definition) is 2. The zero-order valence-corrected chi connectivity index (χ0v) is 12.6. The topological polar surface area (TPSA) is 29.3 Å². The number of rotatable bonds is 7. The molecule has 2 N–H and O–H groups in total. The largest absolute Gasteiger partial charge is 0.371 e. The van der Waals surface area contributed by atoms with Crippen molar-refractivity contribution < 1.29 is 4.39 Å². The molecule has 0 radical (unpaired) electrons. The molecule has 0 aliphatic heterocycles. The first-order valence-electron chi connectivity index (χ1n) is 7.27. The number of nitrogens with zero attached hydrogens (tertiary/aromatic N) is 1. The van der Waals surface area contributed by atoms with Gasteiger partial charge in [0, 0.05) is 30.4 Å². The summed E-state index contributed by atoms with van der Waals surface area (Å²) < 4.78 is 14.1. The summed E-state index contributed by atoms with van der Waals surface area (Å²) in [6, 6.07) is 5.35. The molecule has 1 aromatic rings. The highest BCUT2D eigenvalue weighted by atomic mass is 19.1. The smallest absolute Gasteiger partial charge is 0.128 e. The highest BCUT2D eigenvalue weighted by molar-refractivity contribution is 5.54. The molecule has 0 saturated carbocycles. The molecule has 0 fully saturated rings. The second kappa shape index (κ2) is 7.49. The van der Waals surface area contributed by atoms with Crippen molar-refractivity contribution >= 4 is 5.69 Å². The maximum absolute atomic E-state index is 14.1. The van der Waals surface area contributed by atoms with Crippen LogP contribution in [0.25, 0.3) is 0 Å². The zero-order chi connectivity index (χ0) is 14.4. The van der Waals surface area contributed by atoms with Crippen molar-refractivity contribution in [1.82, 2.24) is 0 Å². The Bertz CT molecular complexity index is 390. The van der Waals surface area contributed by atoms with Gasteiger partial charge < -0.3 is 10.6 Å². The number of anilines is 1. The van der Waals surface area contributed by atoms with Gasteiger partial charge in [0.05, 0.1) is 0 Å². The van der Waals surface area contributed by atoms with E-state index < -0.39 is 0 Å². The van der Waals surface area contributed by atoms with Gasteiger partial charge in [-0.2, -0.15) is 0 Å². The van der Waals surface area contributed by atoms with E-state index in [2.05, 4.69) is 25.7 Å². The van der Waals surface area contributed by atoms with E-state index in [0.717, 1.165) is 30.8 Å². The van der Waals surface area contributed by atoms with Crippen LogP contribution in [0.3, 0.4) is 0 Å². The van der Waals surface area contributed by atoms with Crippen molar-refractivity contribution in [2.24, 2.45) is 11.7 Å². The summed E-state index contributed by atoms with van der Waals surface area (Å²) in [6.07, 6.45) is 1.47. The normalized spacial score (nSPS) is 12.8. The molecule has 3 heteroatoms. The fourth-order valence-corrected chi connectivity index (χ4v) is 2.29. The van der Waals surface area contributed by atoms with Crippen LogP contribution in [0.2, 0.25) is 0 Å². The summed E-state index contributed by atoms with van der Waals surface area (Å²) in [5.74, 6) is 0.416. The lowest BCUT2D eigenvalue weighted by molar-refractivity contribution is 0.570. The standard InChI is InChI=1S/C16H27FN2/c1-5-13(18)10-14-15(17)8-7-9-16(14)19(6-2)11-12(3)4/h7-9,12-13H,5-6,10-11,18H2,1-4H3. The van der Waals surface area contributed by atoms with Gasteiger partial charge in [0.1, 0.15) is 5.82 Å². The number of hydrogen-bond donors (Lipinski definition) is 1. The van der Waals surface area contributed by atoms with Gasteiger partial charge in [0.25, 0.3) is 0 Å². The van der Waals surface area contributed by atoms with Crippen molar-refractivity contribution in [2.45, 2.75) is 46.6 Å². The molecule has 0 heterocycles. The quantitative estimate of drug-likeness (QED) is 0.817. The molecule has 19 heavy (non-hydrogen) atoms. The molecule has 0 spiro atoms. The van der Waals surface area contributed by atoms with Crippen LogP contribution in [0.5, 0.6) is 0 Å². The van der Waals surface area contributed by atoms with Crippen LogP contribution in [0.15, 0.2) is 18.2 Å². The predicted molar refractivity (Wildman–Crippen MR) is 81.1 cm³/mol. The van der Waals surface area contributed by atoms with Crippen LogP contribution in [0, 0.1) is 11.7 Å². The SMILES string of the molecule is CCC(N)Cc1c(F)cccc1N(CC)CC(C)C. The Hall–Kier alpha value is -1.09. The molecule has 1 unspecified atom stereocenters. The van der Waals surface area contributed by atoms with Gasteiger partial charge in [0.2, 0.25) is 0 Å². The summed E-state index contributed by atoms with van der Waals surface area (Å²) in [6.45, 7) is 10.3. The molecule has 1 atom stereocenters. The van der Waals surface area contributed by atoms with Crippen molar-refractivity contribution in [3.05, 3.63) is 29.6 Å². The van der Waals surface area contributed by atoms with Crippen LogP contribution in [-0.2, 0) is 6.42 Å². The molecule has 2 nitrogen and oxygen atoms in total. The van der Waals surface area contributed by atoms with Crippen molar-refractivity contribution in [1.29, 1.82) is 0 Å². The van der Waals surface area contributed by atoms with Crippen LogP contribution >= 0.6 is 0 Å². The van der Waals surface area contributed by atoms with E-state index in [1.165, 1.54) is 6.07 Å². The molecule has 0 aliphatic carbocycles. The van der Waals surface area contributed by atoms with Gasteiger partial charge in [-0.25, -0.2) is 4.39 Å². The second-order valence-electron chi connectivity index (χ2n) is 5.54. The predicted octanol–water partition coefficient (Wildman–Crippen LogP) is 3.59. The number of nitrogens with two attached hydrogens (primary N) is 1. The Kier molecular flexibility index (Phi) is 6.29. The van der Waals surface area contributed by atoms with Crippen molar-refractivity contribution in [3.8, 4) is 0 Å². The Morgan fingerprint density at radius 3 is 2.47 bits per heavy atom. The summed E-state index contributed by atoms with van der Waals surface area (Å²) in [4.78, 5) is 2.24. The minimum absolute atomic E-state index is 0.0217. The third-order valence-electron chi connectivity index (χ3n) is 3.39. The minimum Gasteiger partial charge on any atom is -0.371 e. The summed E-state index contributed by atoms with van der Waals surface area (Å²) in [7, 11) is 0. The van der Waals surface area contributed by atoms with Crippen LogP contribution in [0.1, 0.15) is 39.7 Å². The minimum atomic E-state index is -0.136. The first-order valence-corrected chi connectivity index (χ1v) is 7.27. The average Bonchev–Trinajstić information content (AvgIpc) is 2.38. The van der Waals surface area contributed by atoms with Crippen LogP contribution < -0.4 is 10.6 Å². The first-order chi connectivity index (χ1) is 8.99.